The number of hydrogen-bond acceptors (Lipinski definition) is 6. The van der Waals surface area contributed by atoms with Crippen LogP contribution in [-0.2, 0) is 17.0 Å². The molecule has 7 heteroatoms. The van der Waals surface area contributed by atoms with Crippen LogP contribution in [0.25, 0.3) is 11.4 Å². The van der Waals surface area contributed by atoms with Crippen LogP contribution in [0.3, 0.4) is 0 Å². The third-order valence-corrected chi connectivity index (χ3v) is 5.39. The Labute approximate surface area is 178 Å². The molecule has 0 aliphatic carbocycles. The molecule has 30 heavy (non-hydrogen) atoms. The van der Waals surface area contributed by atoms with E-state index < -0.39 is 0 Å². The van der Waals surface area contributed by atoms with Crippen LogP contribution < -0.4 is 5.32 Å². The standard InChI is InChI=1S/C23H20N4O2S/c28-21(16-30-15-17-6-2-1-3-7-17)25-20-9-5-4-8-19(20)14-22-26-23(27-29-22)18-10-12-24-13-11-18/h1-13H,14-16H2,(H,25,28). The number of benzene rings is 2. The van der Waals surface area contributed by atoms with Gasteiger partial charge in [0.05, 0.1) is 12.2 Å². The first-order valence-corrected chi connectivity index (χ1v) is 10.7. The molecule has 0 atom stereocenters. The number of amides is 1. The molecule has 2 heterocycles. The summed E-state index contributed by atoms with van der Waals surface area (Å²) >= 11 is 1.59. The van der Waals surface area contributed by atoms with E-state index in [9.17, 15) is 4.79 Å². The van der Waals surface area contributed by atoms with Gasteiger partial charge in [0.15, 0.2) is 0 Å². The zero-order chi connectivity index (χ0) is 20.6. The Hall–Kier alpha value is -3.45. The lowest BCUT2D eigenvalue weighted by Crippen LogP contribution is -2.15. The van der Waals surface area contributed by atoms with Crippen molar-refractivity contribution in [2.24, 2.45) is 0 Å². The third-order valence-electron chi connectivity index (χ3n) is 4.38. The van der Waals surface area contributed by atoms with Gasteiger partial charge in [-0.1, -0.05) is 53.7 Å². The molecule has 4 aromatic rings. The molecule has 0 aliphatic rings. The van der Waals surface area contributed by atoms with Gasteiger partial charge in [0.25, 0.3) is 0 Å². The maximum absolute atomic E-state index is 12.4. The molecule has 6 nitrogen and oxygen atoms in total. The monoisotopic (exact) mass is 416 g/mol. The molecular weight excluding hydrogens is 396 g/mol. The normalized spacial score (nSPS) is 10.7. The van der Waals surface area contributed by atoms with E-state index >= 15 is 0 Å². The number of carbonyl (C=O) groups is 1. The molecule has 0 saturated carbocycles. The molecule has 0 unspecified atom stereocenters. The molecular formula is C23H20N4O2S. The van der Waals surface area contributed by atoms with E-state index in [1.54, 1.807) is 24.2 Å². The van der Waals surface area contributed by atoms with Crippen molar-refractivity contribution in [2.45, 2.75) is 12.2 Å². The van der Waals surface area contributed by atoms with E-state index in [1.165, 1.54) is 5.56 Å². The van der Waals surface area contributed by atoms with Crippen molar-refractivity contribution in [3.8, 4) is 11.4 Å². The molecule has 1 amide bonds. The first kappa shape index (κ1) is 19.8. The molecule has 1 N–H and O–H groups in total. The van der Waals surface area contributed by atoms with E-state index in [0.29, 0.717) is 23.9 Å². The predicted octanol–water partition coefficient (Wildman–Crippen LogP) is 4.59. The van der Waals surface area contributed by atoms with Gasteiger partial charge in [-0.05, 0) is 29.3 Å². The van der Waals surface area contributed by atoms with Crippen LogP contribution in [0, 0.1) is 0 Å². The molecule has 2 aromatic carbocycles. The van der Waals surface area contributed by atoms with Gasteiger partial charge in [0, 0.05) is 29.4 Å². The fourth-order valence-corrected chi connectivity index (χ4v) is 3.71. The van der Waals surface area contributed by atoms with Crippen molar-refractivity contribution in [2.75, 3.05) is 11.1 Å². The average Bonchev–Trinajstić information content (AvgIpc) is 3.25. The number of carbonyl (C=O) groups excluding carboxylic acids is 1. The highest BCUT2D eigenvalue weighted by molar-refractivity contribution is 7.99. The van der Waals surface area contributed by atoms with Crippen LogP contribution in [0.1, 0.15) is 17.0 Å². The summed E-state index contributed by atoms with van der Waals surface area (Å²) in [4.78, 5) is 20.9. The number of pyridine rings is 1. The number of nitrogens with one attached hydrogen (secondary N) is 1. The van der Waals surface area contributed by atoms with Crippen molar-refractivity contribution in [1.82, 2.24) is 15.1 Å². The Kier molecular flexibility index (Phi) is 6.51. The van der Waals surface area contributed by atoms with Crippen LogP contribution in [0.15, 0.2) is 83.6 Å². The third kappa shape index (κ3) is 5.33. The van der Waals surface area contributed by atoms with Crippen molar-refractivity contribution in [1.29, 1.82) is 0 Å². The second-order valence-electron chi connectivity index (χ2n) is 6.61. The Morgan fingerprint density at radius 1 is 0.967 bits per heavy atom. The van der Waals surface area contributed by atoms with Crippen molar-refractivity contribution >= 4 is 23.4 Å². The quantitative estimate of drug-likeness (QED) is 0.452. The maximum atomic E-state index is 12.4. The Bertz CT molecular complexity index is 1100. The highest BCUT2D eigenvalue weighted by Gasteiger charge is 2.13. The maximum Gasteiger partial charge on any atom is 0.234 e. The molecule has 2 aromatic heterocycles. The number of hydrogen-bond donors (Lipinski definition) is 1. The van der Waals surface area contributed by atoms with Gasteiger partial charge in [-0.25, -0.2) is 0 Å². The van der Waals surface area contributed by atoms with Gasteiger partial charge in [-0.3, -0.25) is 9.78 Å². The fourth-order valence-electron chi connectivity index (χ4n) is 2.93. The number of thioether (sulfide) groups is 1. The highest BCUT2D eigenvalue weighted by Crippen LogP contribution is 2.21. The average molecular weight is 417 g/mol. The summed E-state index contributed by atoms with van der Waals surface area (Å²) in [5.41, 5.74) is 3.73. The van der Waals surface area contributed by atoms with Crippen molar-refractivity contribution in [3.05, 3.63) is 96.1 Å². The van der Waals surface area contributed by atoms with Crippen LogP contribution in [0.2, 0.25) is 0 Å². The summed E-state index contributed by atoms with van der Waals surface area (Å²) in [5, 5.41) is 7.04. The summed E-state index contributed by atoms with van der Waals surface area (Å²) in [6.45, 7) is 0. The Morgan fingerprint density at radius 2 is 1.73 bits per heavy atom. The van der Waals surface area contributed by atoms with E-state index in [1.807, 2.05) is 54.6 Å². The molecule has 0 bridgehead atoms. The zero-order valence-corrected chi connectivity index (χ0v) is 17.0. The second kappa shape index (κ2) is 9.84. The minimum atomic E-state index is -0.0358. The zero-order valence-electron chi connectivity index (χ0n) is 16.2. The predicted molar refractivity (Wildman–Crippen MR) is 118 cm³/mol. The van der Waals surface area contributed by atoms with Crippen LogP contribution in [0.4, 0.5) is 5.69 Å². The van der Waals surface area contributed by atoms with Gasteiger partial charge in [0.2, 0.25) is 17.6 Å². The molecule has 0 fully saturated rings. The number of anilines is 1. The number of rotatable bonds is 8. The van der Waals surface area contributed by atoms with Crippen molar-refractivity contribution in [3.63, 3.8) is 0 Å². The molecule has 0 radical (unpaired) electrons. The largest absolute Gasteiger partial charge is 0.339 e. The minimum Gasteiger partial charge on any atom is -0.339 e. The first-order valence-electron chi connectivity index (χ1n) is 9.50. The smallest absolute Gasteiger partial charge is 0.234 e. The van der Waals surface area contributed by atoms with Gasteiger partial charge in [0.1, 0.15) is 0 Å². The fraction of sp³-hybridized carbons (Fsp3) is 0.130. The molecule has 4 rings (SSSR count). The van der Waals surface area contributed by atoms with Crippen LogP contribution in [-0.4, -0.2) is 26.8 Å². The van der Waals surface area contributed by atoms with Crippen LogP contribution in [0.5, 0.6) is 0 Å². The Balaban J connectivity index is 1.37. The van der Waals surface area contributed by atoms with E-state index in [2.05, 4.69) is 32.6 Å². The van der Waals surface area contributed by atoms with E-state index in [4.69, 9.17) is 4.52 Å². The lowest BCUT2D eigenvalue weighted by molar-refractivity contribution is -0.113. The van der Waals surface area contributed by atoms with E-state index in [-0.39, 0.29) is 5.91 Å². The summed E-state index contributed by atoms with van der Waals surface area (Å²) in [7, 11) is 0. The summed E-state index contributed by atoms with van der Waals surface area (Å²) in [5.74, 6) is 2.16. The lowest BCUT2D eigenvalue weighted by Gasteiger charge is -2.09. The molecule has 0 aliphatic heterocycles. The summed E-state index contributed by atoms with van der Waals surface area (Å²) < 4.78 is 5.40. The van der Waals surface area contributed by atoms with Crippen LogP contribution >= 0.6 is 11.8 Å². The summed E-state index contributed by atoms with van der Waals surface area (Å²) in [6, 6.07) is 21.4. The highest BCUT2D eigenvalue weighted by atomic mass is 32.2. The molecule has 0 spiro atoms. The number of para-hydroxylation sites is 1. The topological polar surface area (TPSA) is 80.9 Å². The van der Waals surface area contributed by atoms with Gasteiger partial charge in [-0.15, -0.1) is 11.8 Å². The number of aromatic nitrogens is 3. The molecule has 0 saturated heterocycles. The first-order chi connectivity index (χ1) is 14.8. The van der Waals surface area contributed by atoms with E-state index in [0.717, 1.165) is 22.6 Å². The summed E-state index contributed by atoms with van der Waals surface area (Å²) in [6.07, 6.45) is 3.81. The lowest BCUT2D eigenvalue weighted by atomic mass is 10.1. The molecule has 150 valence electrons. The van der Waals surface area contributed by atoms with Gasteiger partial charge in [-0.2, -0.15) is 4.98 Å². The van der Waals surface area contributed by atoms with Gasteiger partial charge >= 0.3 is 0 Å². The SMILES string of the molecule is O=C(CSCc1ccccc1)Nc1ccccc1Cc1nc(-c2ccncc2)no1. The van der Waals surface area contributed by atoms with Gasteiger partial charge < -0.3 is 9.84 Å². The Morgan fingerprint density at radius 3 is 2.57 bits per heavy atom. The van der Waals surface area contributed by atoms with Crippen molar-refractivity contribution < 1.29 is 9.32 Å². The minimum absolute atomic E-state index is 0.0358. The second-order valence-corrected chi connectivity index (χ2v) is 7.59. The number of nitrogens with zero attached hydrogens (tertiary/aromatic N) is 3.